The van der Waals surface area contributed by atoms with Gasteiger partial charge in [0.2, 0.25) is 0 Å². The average Bonchev–Trinajstić information content (AvgIpc) is 3.16. The highest BCUT2D eigenvalue weighted by molar-refractivity contribution is 7.16. The van der Waals surface area contributed by atoms with Crippen LogP contribution >= 0.6 is 11.3 Å². The Balaban J connectivity index is 1.40. The predicted octanol–water partition coefficient (Wildman–Crippen LogP) is 3.02. The summed E-state index contributed by atoms with van der Waals surface area (Å²) in [4.78, 5) is 35.7. The van der Waals surface area contributed by atoms with Crippen molar-refractivity contribution in [3.05, 3.63) is 57.2 Å². The lowest BCUT2D eigenvalue weighted by atomic mass is 9.96. The SMILES string of the molecule is Cc1ncn(CC2CCN(C(=O)c3ccc4ncsc4c3)CC2)c(=O)c1C. The minimum Gasteiger partial charge on any atom is -0.339 e. The number of amides is 1. The van der Waals surface area contributed by atoms with Crippen molar-refractivity contribution in [3.8, 4) is 0 Å². The Morgan fingerprint density at radius 1 is 1.22 bits per heavy atom. The summed E-state index contributed by atoms with van der Waals surface area (Å²) in [6.07, 6.45) is 3.44. The number of benzene rings is 1. The van der Waals surface area contributed by atoms with Gasteiger partial charge in [-0.1, -0.05) is 0 Å². The molecule has 6 nitrogen and oxygen atoms in total. The van der Waals surface area contributed by atoms with Gasteiger partial charge in [-0.2, -0.15) is 0 Å². The molecule has 140 valence electrons. The van der Waals surface area contributed by atoms with Crippen LogP contribution in [0.5, 0.6) is 0 Å². The van der Waals surface area contributed by atoms with Crippen molar-refractivity contribution in [2.75, 3.05) is 13.1 Å². The zero-order valence-corrected chi connectivity index (χ0v) is 16.3. The number of thiazole rings is 1. The molecule has 0 unspecified atom stereocenters. The topological polar surface area (TPSA) is 68.1 Å². The molecule has 1 saturated heterocycles. The lowest BCUT2D eigenvalue weighted by Crippen LogP contribution is -2.40. The van der Waals surface area contributed by atoms with Gasteiger partial charge in [0.05, 0.1) is 22.1 Å². The summed E-state index contributed by atoms with van der Waals surface area (Å²) in [5, 5.41) is 0. The van der Waals surface area contributed by atoms with Gasteiger partial charge in [-0.3, -0.25) is 14.2 Å². The Labute approximate surface area is 161 Å². The maximum Gasteiger partial charge on any atom is 0.256 e. The largest absolute Gasteiger partial charge is 0.339 e. The Morgan fingerprint density at radius 2 is 2.00 bits per heavy atom. The number of aryl methyl sites for hydroxylation is 1. The first-order chi connectivity index (χ1) is 13.0. The van der Waals surface area contributed by atoms with E-state index in [1.165, 1.54) is 0 Å². The van der Waals surface area contributed by atoms with Crippen molar-refractivity contribution in [2.45, 2.75) is 33.2 Å². The van der Waals surface area contributed by atoms with E-state index in [1.54, 1.807) is 27.7 Å². The number of aromatic nitrogens is 3. The lowest BCUT2D eigenvalue weighted by molar-refractivity contribution is 0.0682. The van der Waals surface area contributed by atoms with Crippen LogP contribution in [0, 0.1) is 19.8 Å². The van der Waals surface area contributed by atoms with Crippen molar-refractivity contribution in [1.29, 1.82) is 0 Å². The molecule has 3 aromatic rings. The predicted molar refractivity (Wildman–Crippen MR) is 106 cm³/mol. The monoisotopic (exact) mass is 382 g/mol. The van der Waals surface area contributed by atoms with E-state index in [-0.39, 0.29) is 11.5 Å². The third-order valence-electron chi connectivity index (χ3n) is 5.45. The van der Waals surface area contributed by atoms with E-state index in [0.29, 0.717) is 18.0 Å². The molecule has 3 heterocycles. The highest BCUT2D eigenvalue weighted by atomic mass is 32.1. The molecule has 0 aliphatic carbocycles. The number of carbonyl (C=O) groups excluding carboxylic acids is 1. The molecule has 2 aromatic heterocycles. The summed E-state index contributed by atoms with van der Waals surface area (Å²) in [7, 11) is 0. The average molecular weight is 382 g/mol. The van der Waals surface area contributed by atoms with Crippen molar-refractivity contribution in [2.24, 2.45) is 5.92 Å². The zero-order valence-electron chi connectivity index (χ0n) is 15.5. The van der Waals surface area contributed by atoms with Gasteiger partial charge in [-0.15, -0.1) is 11.3 Å². The summed E-state index contributed by atoms with van der Waals surface area (Å²) in [6, 6.07) is 5.70. The van der Waals surface area contributed by atoms with Gasteiger partial charge in [0.1, 0.15) is 0 Å². The molecule has 1 amide bonds. The number of nitrogens with zero attached hydrogens (tertiary/aromatic N) is 4. The van der Waals surface area contributed by atoms with E-state index in [2.05, 4.69) is 9.97 Å². The highest BCUT2D eigenvalue weighted by Gasteiger charge is 2.24. The number of piperidine rings is 1. The number of fused-ring (bicyclic) bond motifs is 1. The van der Waals surface area contributed by atoms with Crippen LogP contribution in [0.1, 0.15) is 34.5 Å². The Kier molecular flexibility index (Phi) is 4.78. The Morgan fingerprint density at radius 3 is 2.78 bits per heavy atom. The van der Waals surface area contributed by atoms with E-state index >= 15 is 0 Å². The van der Waals surface area contributed by atoms with Crippen molar-refractivity contribution < 1.29 is 4.79 Å². The van der Waals surface area contributed by atoms with Crippen LogP contribution in [0.4, 0.5) is 0 Å². The number of hydrogen-bond donors (Lipinski definition) is 0. The van der Waals surface area contributed by atoms with Gasteiger partial charge >= 0.3 is 0 Å². The summed E-state index contributed by atoms with van der Waals surface area (Å²) in [5.41, 5.74) is 4.99. The molecule has 0 radical (unpaired) electrons. The van der Waals surface area contributed by atoms with Gasteiger partial charge in [0, 0.05) is 36.5 Å². The van der Waals surface area contributed by atoms with Crippen LogP contribution in [0.25, 0.3) is 10.2 Å². The lowest BCUT2D eigenvalue weighted by Gasteiger charge is -2.32. The normalized spacial score (nSPS) is 15.4. The minimum absolute atomic E-state index is 0.0406. The molecule has 27 heavy (non-hydrogen) atoms. The van der Waals surface area contributed by atoms with Gasteiger partial charge in [-0.25, -0.2) is 9.97 Å². The maximum atomic E-state index is 12.8. The molecule has 1 fully saturated rings. The standard InChI is InChI=1S/C20H22N4O2S/c1-13-14(2)21-11-24(19(13)25)10-15-5-7-23(8-6-15)20(26)16-3-4-17-18(9-16)27-12-22-17/h3-4,9,11-12,15H,5-8,10H2,1-2H3. The van der Waals surface area contributed by atoms with Gasteiger partial charge in [0.15, 0.2) is 0 Å². The molecule has 4 rings (SSSR count). The van der Waals surface area contributed by atoms with Crippen molar-refractivity contribution in [3.63, 3.8) is 0 Å². The van der Waals surface area contributed by atoms with Crippen LogP contribution in [-0.4, -0.2) is 38.4 Å². The minimum atomic E-state index is 0.0406. The van der Waals surface area contributed by atoms with E-state index < -0.39 is 0 Å². The molecule has 1 aliphatic heterocycles. The fourth-order valence-electron chi connectivity index (χ4n) is 3.57. The van der Waals surface area contributed by atoms with Crippen LogP contribution in [-0.2, 0) is 6.54 Å². The van der Waals surface area contributed by atoms with E-state index in [4.69, 9.17) is 0 Å². The Bertz CT molecular complexity index is 1050. The smallest absolute Gasteiger partial charge is 0.256 e. The number of likely N-dealkylation sites (tertiary alicyclic amines) is 1. The number of hydrogen-bond acceptors (Lipinski definition) is 5. The van der Waals surface area contributed by atoms with Crippen LogP contribution in [0.2, 0.25) is 0 Å². The fraction of sp³-hybridized carbons (Fsp3) is 0.400. The molecular weight excluding hydrogens is 360 g/mol. The third-order valence-corrected chi connectivity index (χ3v) is 6.24. The third kappa shape index (κ3) is 3.51. The molecule has 1 aliphatic rings. The Hall–Kier alpha value is -2.54. The second kappa shape index (κ2) is 7.23. The summed E-state index contributed by atoms with van der Waals surface area (Å²) < 4.78 is 2.75. The van der Waals surface area contributed by atoms with Crippen LogP contribution in [0.3, 0.4) is 0 Å². The fourth-order valence-corrected chi connectivity index (χ4v) is 4.29. The first-order valence-electron chi connectivity index (χ1n) is 9.18. The van der Waals surface area contributed by atoms with E-state index in [9.17, 15) is 9.59 Å². The number of rotatable bonds is 3. The number of carbonyl (C=O) groups is 1. The molecule has 0 spiro atoms. The summed E-state index contributed by atoms with van der Waals surface area (Å²) in [6.45, 7) is 5.79. The molecule has 1 aromatic carbocycles. The molecule has 0 saturated carbocycles. The maximum absolute atomic E-state index is 12.8. The summed E-state index contributed by atoms with van der Waals surface area (Å²) in [5.74, 6) is 0.466. The van der Waals surface area contributed by atoms with Gasteiger partial charge in [0.25, 0.3) is 11.5 Å². The first kappa shape index (κ1) is 17.9. The van der Waals surface area contributed by atoms with Crippen LogP contribution < -0.4 is 5.56 Å². The molecule has 7 heteroatoms. The van der Waals surface area contributed by atoms with Crippen molar-refractivity contribution >= 4 is 27.5 Å². The molecule has 0 atom stereocenters. The molecular formula is C20H22N4O2S. The van der Waals surface area contributed by atoms with Crippen molar-refractivity contribution in [1.82, 2.24) is 19.4 Å². The summed E-state index contributed by atoms with van der Waals surface area (Å²) >= 11 is 1.55. The highest BCUT2D eigenvalue weighted by Crippen LogP contribution is 2.23. The zero-order chi connectivity index (χ0) is 19.0. The van der Waals surface area contributed by atoms with E-state index in [0.717, 1.165) is 47.4 Å². The second-order valence-corrected chi connectivity index (χ2v) is 8.07. The van der Waals surface area contributed by atoms with E-state index in [1.807, 2.05) is 36.9 Å². The van der Waals surface area contributed by atoms with Gasteiger partial charge in [-0.05, 0) is 50.8 Å². The van der Waals surface area contributed by atoms with Gasteiger partial charge < -0.3 is 4.90 Å². The molecule has 0 bridgehead atoms. The molecule has 0 N–H and O–H groups in total. The second-order valence-electron chi connectivity index (χ2n) is 7.18. The first-order valence-corrected chi connectivity index (χ1v) is 10.1. The quantitative estimate of drug-likeness (QED) is 0.698. The van der Waals surface area contributed by atoms with Crippen LogP contribution in [0.15, 0.2) is 34.8 Å².